The second kappa shape index (κ2) is 17.7. The molecule has 0 saturated carbocycles. The smallest absolute Gasteiger partial charge is 0.307 e. The van der Waals surface area contributed by atoms with Crippen molar-refractivity contribution in [3.05, 3.63) is 88.4 Å². The first-order valence-corrected chi connectivity index (χ1v) is 21.3. The third-order valence-electron chi connectivity index (χ3n) is 13.2. The lowest BCUT2D eigenvalue weighted by Gasteiger charge is -2.23. The Balaban J connectivity index is 0.969. The van der Waals surface area contributed by atoms with Crippen LogP contribution >= 0.6 is 0 Å². The first kappa shape index (κ1) is 40.7. The lowest BCUT2D eigenvalue weighted by Crippen LogP contribution is -2.27. The van der Waals surface area contributed by atoms with Crippen LogP contribution < -0.4 is 16.0 Å². The van der Waals surface area contributed by atoms with Crippen LogP contribution in [-0.4, -0.2) is 92.9 Å². The average molecular weight is 834 g/mol. The number of hydrogen-bond acceptors (Lipinski definition) is 13. The predicted molar refractivity (Wildman–Crippen MR) is 222 cm³/mol. The summed E-state index contributed by atoms with van der Waals surface area (Å²) in [5.74, 6) is -4.03. The molecule has 9 rings (SSSR count). The van der Waals surface area contributed by atoms with Gasteiger partial charge in [-0.25, -0.2) is 0 Å². The van der Waals surface area contributed by atoms with Crippen molar-refractivity contribution in [2.45, 2.75) is 58.2 Å². The summed E-state index contributed by atoms with van der Waals surface area (Å²) in [5, 5.41) is 55.3. The highest BCUT2D eigenvalue weighted by atomic mass is 16.5. The Morgan fingerprint density at radius 1 is 0.541 bits per heavy atom. The molecule has 3 fully saturated rings. The van der Waals surface area contributed by atoms with Crippen molar-refractivity contribution in [3.8, 4) is 0 Å². The van der Waals surface area contributed by atoms with Crippen LogP contribution in [0.15, 0.2) is 68.2 Å². The summed E-state index contributed by atoms with van der Waals surface area (Å²) in [5.41, 5.74) is 6.61. The molecule has 16 heteroatoms. The molecule has 320 valence electrons. The minimum absolute atomic E-state index is 0.0369. The average Bonchev–Trinajstić information content (AvgIpc) is 4.11. The van der Waals surface area contributed by atoms with E-state index >= 15 is 0 Å². The number of aromatic nitrogens is 3. The standard InChI is InChI=1S/C45H51N7O9/c53-43(54)34(28-7-10-46-19-28)16-37-31-4-1-25(13-40(31)59-49-37)22-52(23-26-2-5-32-38(50-60-41(32)14-26)17-35(44(55)56)29-8-11-47-20-29)24-27-3-6-33-39(51-61-42(33)15-27)18-36(45(57)58)30-9-12-48-21-30/h1-6,13-15,28-30,34-36,46-48H,7-12,16-24H2,(H,53,54)(H,55,56)(H,57,58). The largest absolute Gasteiger partial charge is 0.481 e. The lowest BCUT2D eigenvalue weighted by molar-refractivity contribution is -0.144. The third-order valence-corrected chi connectivity index (χ3v) is 13.2. The second-order valence-electron chi connectivity index (χ2n) is 17.2. The maximum atomic E-state index is 12.2. The van der Waals surface area contributed by atoms with Crippen LogP contribution in [0.2, 0.25) is 0 Å². The van der Waals surface area contributed by atoms with Gasteiger partial charge in [0.05, 0.1) is 34.8 Å². The van der Waals surface area contributed by atoms with Gasteiger partial charge in [-0.2, -0.15) is 0 Å². The van der Waals surface area contributed by atoms with Crippen molar-refractivity contribution in [1.82, 2.24) is 36.3 Å². The van der Waals surface area contributed by atoms with Crippen LogP contribution in [0.1, 0.15) is 53.0 Å². The van der Waals surface area contributed by atoms with E-state index in [0.29, 0.717) is 92.4 Å². The molecule has 6 atom stereocenters. The Hall–Kier alpha value is -5.68. The molecule has 0 amide bonds. The summed E-state index contributed by atoms with van der Waals surface area (Å²) in [7, 11) is 0. The molecule has 6 unspecified atom stereocenters. The molecule has 6 aromatic rings. The normalized spacial score (nSPS) is 20.9. The maximum absolute atomic E-state index is 12.2. The number of aliphatic carboxylic acids is 3. The number of benzene rings is 3. The monoisotopic (exact) mass is 833 g/mol. The topological polar surface area (TPSA) is 229 Å². The number of rotatable bonds is 18. The highest BCUT2D eigenvalue weighted by molar-refractivity contribution is 5.83. The molecular formula is C45H51N7O9. The maximum Gasteiger partial charge on any atom is 0.307 e. The van der Waals surface area contributed by atoms with Crippen molar-refractivity contribution in [2.24, 2.45) is 35.5 Å². The van der Waals surface area contributed by atoms with Gasteiger partial charge in [-0.15, -0.1) is 0 Å². The Kier molecular flexibility index (Phi) is 11.8. The van der Waals surface area contributed by atoms with E-state index in [2.05, 4.69) is 36.3 Å². The zero-order valence-corrected chi connectivity index (χ0v) is 33.8. The first-order chi connectivity index (χ1) is 29.7. The molecule has 3 aromatic carbocycles. The van der Waals surface area contributed by atoms with Crippen molar-refractivity contribution < 1.29 is 43.3 Å². The van der Waals surface area contributed by atoms with Gasteiger partial charge in [0, 0.05) is 55.1 Å². The van der Waals surface area contributed by atoms with E-state index in [0.717, 1.165) is 71.7 Å². The number of hydrogen-bond donors (Lipinski definition) is 6. The summed E-state index contributed by atoms with van der Waals surface area (Å²) < 4.78 is 17.4. The summed E-state index contributed by atoms with van der Waals surface area (Å²) >= 11 is 0. The SMILES string of the molecule is O=C(O)C(Cc1noc2cc(CN(Cc3ccc4c(CC(C(=O)O)C5CCNC5)noc4c3)Cc3ccc4c(CC(C(=O)O)C5CCNC5)noc4c3)ccc12)C1CCNC1. The number of nitrogens with zero attached hydrogens (tertiary/aromatic N) is 4. The van der Waals surface area contributed by atoms with Crippen LogP contribution in [-0.2, 0) is 53.3 Å². The minimum Gasteiger partial charge on any atom is -0.481 e. The fraction of sp³-hybridized carbons (Fsp3) is 0.467. The Morgan fingerprint density at radius 2 is 0.852 bits per heavy atom. The van der Waals surface area contributed by atoms with Crippen LogP contribution in [0, 0.1) is 35.5 Å². The lowest BCUT2D eigenvalue weighted by atomic mass is 9.87. The molecule has 16 nitrogen and oxygen atoms in total. The molecule has 0 spiro atoms. The van der Waals surface area contributed by atoms with Gasteiger partial charge in [0.15, 0.2) is 16.7 Å². The fourth-order valence-corrected chi connectivity index (χ4v) is 9.83. The Morgan fingerprint density at radius 3 is 1.11 bits per heavy atom. The van der Waals surface area contributed by atoms with Crippen molar-refractivity contribution in [2.75, 3.05) is 39.3 Å². The van der Waals surface area contributed by atoms with Gasteiger partial charge in [-0.1, -0.05) is 33.7 Å². The van der Waals surface area contributed by atoms with Gasteiger partial charge in [0.1, 0.15) is 0 Å². The van der Waals surface area contributed by atoms with Crippen molar-refractivity contribution in [1.29, 1.82) is 0 Å². The van der Waals surface area contributed by atoms with Gasteiger partial charge in [-0.05, 0) is 129 Å². The summed E-state index contributed by atoms with van der Waals surface area (Å²) in [6.45, 7) is 6.01. The van der Waals surface area contributed by atoms with Gasteiger partial charge < -0.3 is 44.8 Å². The molecule has 3 aliphatic heterocycles. The zero-order valence-electron chi connectivity index (χ0n) is 33.8. The molecular weight excluding hydrogens is 783 g/mol. The van der Waals surface area contributed by atoms with E-state index in [1.807, 2.05) is 54.6 Å². The number of carboxylic acid groups (broad SMARTS) is 3. The quantitative estimate of drug-likeness (QED) is 0.0679. The predicted octanol–water partition coefficient (Wildman–Crippen LogP) is 4.87. The van der Waals surface area contributed by atoms with Crippen molar-refractivity contribution in [3.63, 3.8) is 0 Å². The molecule has 3 aromatic heterocycles. The van der Waals surface area contributed by atoms with Crippen LogP contribution in [0.5, 0.6) is 0 Å². The number of carboxylic acids is 3. The molecule has 0 radical (unpaired) electrons. The first-order valence-electron chi connectivity index (χ1n) is 21.3. The highest BCUT2D eigenvalue weighted by Crippen LogP contribution is 2.32. The van der Waals surface area contributed by atoms with Crippen molar-refractivity contribution >= 4 is 50.8 Å². The van der Waals surface area contributed by atoms with Gasteiger partial charge >= 0.3 is 17.9 Å². The Bertz CT molecular complexity index is 2250. The van der Waals surface area contributed by atoms with Gasteiger partial charge in [0.2, 0.25) is 0 Å². The van der Waals surface area contributed by atoms with Gasteiger partial charge in [-0.3, -0.25) is 19.3 Å². The van der Waals surface area contributed by atoms with E-state index in [1.54, 1.807) is 0 Å². The van der Waals surface area contributed by atoms with Crippen LogP contribution in [0.4, 0.5) is 0 Å². The molecule has 6 N–H and O–H groups in total. The fourth-order valence-electron chi connectivity index (χ4n) is 9.83. The molecule has 61 heavy (non-hydrogen) atoms. The van der Waals surface area contributed by atoms with E-state index in [1.165, 1.54) is 0 Å². The number of fused-ring (bicyclic) bond motifs is 3. The number of carbonyl (C=O) groups is 3. The summed E-state index contributed by atoms with van der Waals surface area (Å²) in [6, 6.07) is 17.8. The summed E-state index contributed by atoms with van der Waals surface area (Å²) in [4.78, 5) is 39.0. The molecule has 6 heterocycles. The van der Waals surface area contributed by atoms with E-state index < -0.39 is 35.7 Å². The summed E-state index contributed by atoms with van der Waals surface area (Å²) in [6.07, 6.45) is 3.32. The Labute approximate surface area is 351 Å². The highest BCUT2D eigenvalue weighted by Gasteiger charge is 2.34. The minimum atomic E-state index is -0.825. The zero-order chi connectivity index (χ0) is 42.0. The third kappa shape index (κ3) is 8.89. The molecule has 0 aliphatic carbocycles. The van der Waals surface area contributed by atoms with Crippen LogP contribution in [0.3, 0.4) is 0 Å². The molecule has 3 aliphatic rings. The van der Waals surface area contributed by atoms with E-state index in [-0.39, 0.29) is 17.8 Å². The van der Waals surface area contributed by atoms with E-state index in [9.17, 15) is 29.7 Å². The molecule has 3 saturated heterocycles. The molecule has 0 bridgehead atoms. The number of nitrogens with one attached hydrogen (secondary N) is 3. The second-order valence-corrected chi connectivity index (χ2v) is 17.2. The van der Waals surface area contributed by atoms with Crippen LogP contribution in [0.25, 0.3) is 32.9 Å². The van der Waals surface area contributed by atoms with E-state index in [4.69, 9.17) is 13.6 Å². The van der Waals surface area contributed by atoms with Gasteiger partial charge in [0.25, 0.3) is 0 Å².